The number of aromatic amines is 1. The van der Waals surface area contributed by atoms with Gasteiger partial charge in [-0.2, -0.15) is 0 Å². The molecule has 1 heterocycles. The van der Waals surface area contributed by atoms with Crippen molar-refractivity contribution in [1.29, 1.82) is 0 Å². The van der Waals surface area contributed by atoms with Crippen LogP contribution in [-0.4, -0.2) is 30.6 Å². The lowest BCUT2D eigenvalue weighted by Gasteiger charge is -2.19. The second-order valence-electron chi connectivity index (χ2n) is 11.1. The Labute approximate surface area is 244 Å². The highest BCUT2D eigenvalue weighted by Crippen LogP contribution is 2.40. The molecule has 0 unspecified atom stereocenters. The number of ketones is 1. The molecule has 226 valence electrons. The molecule has 0 aliphatic rings. The topological polar surface area (TPSA) is 60.6 Å². The number of H-pyrrole nitrogens is 1. The van der Waals surface area contributed by atoms with E-state index in [0.29, 0.717) is 48.3 Å². The van der Waals surface area contributed by atoms with Crippen LogP contribution in [0.3, 0.4) is 0 Å². The highest BCUT2D eigenvalue weighted by Gasteiger charge is 2.20. The summed E-state index contributed by atoms with van der Waals surface area (Å²) in [6, 6.07) is 7.33. The van der Waals surface area contributed by atoms with Gasteiger partial charge in [-0.05, 0) is 43.5 Å². The van der Waals surface area contributed by atoms with Crippen molar-refractivity contribution in [2.45, 2.75) is 136 Å². The van der Waals surface area contributed by atoms with E-state index in [0.717, 1.165) is 38.5 Å². The van der Waals surface area contributed by atoms with E-state index >= 15 is 0 Å². The molecular weight excluding hydrogens is 498 g/mol. The number of unbranched alkanes of at least 4 members (excludes halogenated alkanes) is 15. The average Bonchev–Trinajstić information content (AvgIpc) is 3.51. The van der Waals surface area contributed by atoms with Crippen molar-refractivity contribution >= 4 is 5.78 Å². The quantitative estimate of drug-likeness (QED) is 0.0926. The molecule has 0 spiro atoms. The number of benzene rings is 1. The summed E-state index contributed by atoms with van der Waals surface area (Å²) in [4.78, 5) is 16.3. The predicted octanol–water partition coefficient (Wildman–Crippen LogP) is 10.5. The van der Waals surface area contributed by atoms with Crippen LogP contribution < -0.4 is 14.2 Å². The van der Waals surface area contributed by atoms with E-state index in [9.17, 15) is 4.79 Å². The Morgan fingerprint density at radius 3 is 1.45 bits per heavy atom. The van der Waals surface area contributed by atoms with Crippen molar-refractivity contribution in [3.63, 3.8) is 0 Å². The number of nitrogens with one attached hydrogen (secondary N) is 1. The Morgan fingerprint density at radius 1 is 0.600 bits per heavy atom. The van der Waals surface area contributed by atoms with Crippen LogP contribution in [0.15, 0.2) is 30.5 Å². The Hall–Kier alpha value is -2.43. The van der Waals surface area contributed by atoms with Gasteiger partial charge in [0.25, 0.3) is 0 Å². The molecule has 5 heteroatoms. The van der Waals surface area contributed by atoms with Crippen LogP contribution in [-0.2, 0) is 0 Å². The van der Waals surface area contributed by atoms with Crippen molar-refractivity contribution in [2.75, 3.05) is 19.8 Å². The van der Waals surface area contributed by atoms with Crippen LogP contribution in [0.25, 0.3) is 0 Å². The molecule has 1 N–H and O–H groups in total. The smallest absolute Gasteiger partial charge is 0.209 e. The summed E-state index contributed by atoms with van der Waals surface area (Å²) in [5, 5.41) is 0. The molecule has 0 saturated heterocycles. The minimum absolute atomic E-state index is 0.0682. The van der Waals surface area contributed by atoms with E-state index in [4.69, 9.17) is 14.2 Å². The second-order valence-corrected chi connectivity index (χ2v) is 11.1. The number of aromatic nitrogens is 1. The van der Waals surface area contributed by atoms with Gasteiger partial charge in [-0.25, -0.2) is 0 Å². The van der Waals surface area contributed by atoms with Gasteiger partial charge in [-0.1, -0.05) is 117 Å². The van der Waals surface area contributed by atoms with Crippen molar-refractivity contribution in [1.82, 2.24) is 4.98 Å². The van der Waals surface area contributed by atoms with Crippen LogP contribution in [0.2, 0.25) is 0 Å². The normalized spacial score (nSPS) is 11.1. The summed E-state index contributed by atoms with van der Waals surface area (Å²) >= 11 is 0. The van der Waals surface area contributed by atoms with Gasteiger partial charge in [0.2, 0.25) is 11.5 Å². The van der Waals surface area contributed by atoms with Crippen molar-refractivity contribution < 1.29 is 19.0 Å². The zero-order valence-electron chi connectivity index (χ0n) is 25.9. The second kappa shape index (κ2) is 22.3. The van der Waals surface area contributed by atoms with Crippen molar-refractivity contribution in [3.8, 4) is 17.2 Å². The summed E-state index contributed by atoms with van der Waals surface area (Å²) < 4.78 is 19.0. The van der Waals surface area contributed by atoms with Gasteiger partial charge in [-0.3, -0.25) is 4.79 Å². The molecule has 2 rings (SSSR count). The van der Waals surface area contributed by atoms with Crippen LogP contribution in [0, 0.1) is 0 Å². The molecule has 0 saturated carbocycles. The van der Waals surface area contributed by atoms with Gasteiger partial charge >= 0.3 is 0 Å². The highest BCUT2D eigenvalue weighted by molar-refractivity contribution is 6.08. The molecule has 0 bridgehead atoms. The Bertz CT molecular complexity index is 854. The molecule has 0 amide bonds. The first-order chi connectivity index (χ1) is 19.7. The van der Waals surface area contributed by atoms with Gasteiger partial charge in [0, 0.05) is 11.8 Å². The third-order valence-electron chi connectivity index (χ3n) is 7.38. The monoisotopic (exact) mass is 555 g/mol. The van der Waals surface area contributed by atoms with Gasteiger partial charge in [0.1, 0.15) is 0 Å². The number of rotatable bonds is 26. The fraction of sp³-hybridized carbons (Fsp3) is 0.686. The zero-order chi connectivity index (χ0) is 28.7. The number of ether oxygens (including phenoxy) is 3. The summed E-state index contributed by atoms with van der Waals surface area (Å²) in [7, 11) is 0. The number of carbonyl (C=O) groups is 1. The fourth-order valence-corrected chi connectivity index (χ4v) is 4.88. The Kier molecular flexibility index (Phi) is 18.8. The summed E-state index contributed by atoms with van der Waals surface area (Å²) in [5.41, 5.74) is 1.12. The first-order valence-electron chi connectivity index (χ1n) is 16.5. The highest BCUT2D eigenvalue weighted by atomic mass is 16.5. The standard InChI is InChI=1S/C35H57NO4/c1-4-7-10-13-16-19-25-38-32-28-30(34(37)31-23-22-24-36-31)29-33(39-26-20-17-14-11-8-5-2)35(32)40-27-21-18-15-12-9-6-3/h22-24,28-29,36H,4-21,25-27H2,1-3H3. The van der Waals surface area contributed by atoms with Gasteiger partial charge in [-0.15, -0.1) is 0 Å². The van der Waals surface area contributed by atoms with Gasteiger partial charge < -0.3 is 19.2 Å². The van der Waals surface area contributed by atoms with Gasteiger partial charge in [0.05, 0.1) is 25.5 Å². The van der Waals surface area contributed by atoms with E-state index in [2.05, 4.69) is 25.8 Å². The Morgan fingerprint density at radius 2 is 1.02 bits per heavy atom. The third kappa shape index (κ3) is 13.8. The first kappa shape index (κ1) is 33.8. The molecule has 0 atom stereocenters. The average molecular weight is 556 g/mol. The van der Waals surface area contributed by atoms with Crippen molar-refractivity contribution in [3.05, 3.63) is 41.7 Å². The van der Waals surface area contributed by atoms with E-state index in [1.54, 1.807) is 12.3 Å². The lowest BCUT2D eigenvalue weighted by atomic mass is 10.1. The maximum atomic E-state index is 13.3. The molecule has 5 nitrogen and oxygen atoms in total. The van der Waals surface area contributed by atoms with Crippen molar-refractivity contribution in [2.24, 2.45) is 0 Å². The molecule has 0 radical (unpaired) electrons. The minimum Gasteiger partial charge on any atom is -0.490 e. The molecule has 0 aliphatic heterocycles. The molecule has 1 aromatic carbocycles. The van der Waals surface area contributed by atoms with Crippen LogP contribution in [0.1, 0.15) is 152 Å². The Balaban J connectivity index is 2.14. The zero-order valence-corrected chi connectivity index (χ0v) is 25.9. The molecular formula is C35H57NO4. The summed E-state index contributed by atoms with van der Waals surface area (Å²) in [6.07, 6.45) is 23.4. The molecule has 0 fully saturated rings. The van der Waals surface area contributed by atoms with Crippen LogP contribution in [0.5, 0.6) is 17.2 Å². The predicted molar refractivity (Wildman–Crippen MR) is 167 cm³/mol. The molecule has 1 aromatic heterocycles. The SMILES string of the molecule is CCCCCCCCOc1cc(C(=O)c2ccc[nH]2)cc(OCCCCCCCC)c1OCCCCCCCC. The number of carbonyl (C=O) groups excluding carboxylic acids is 1. The molecule has 2 aromatic rings. The summed E-state index contributed by atoms with van der Waals surface area (Å²) in [6.45, 7) is 8.56. The molecule has 0 aliphatic carbocycles. The minimum atomic E-state index is -0.0682. The lowest BCUT2D eigenvalue weighted by Crippen LogP contribution is -2.09. The van der Waals surface area contributed by atoms with Gasteiger partial charge in [0.15, 0.2) is 11.5 Å². The van der Waals surface area contributed by atoms with E-state index in [1.165, 1.54) is 77.0 Å². The molecule has 40 heavy (non-hydrogen) atoms. The van der Waals surface area contributed by atoms with E-state index in [1.807, 2.05) is 18.2 Å². The number of hydrogen-bond acceptors (Lipinski definition) is 4. The van der Waals surface area contributed by atoms with Crippen LogP contribution >= 0.6 is 0 Å². The first-order valence-corrected chi connectivity index (χ1v) is 16.5. The summed E-state index contributed by atoms with van der Waals surface area (Å²) in [5.74, 6) is 1.82. The van der Waals surface area contributed by atoms with E-state index < -0.39 is 0 Å². The maximum Gasteiger partial charge on any atom is 0.209 e. The lowest BCUT2D eigenvalue weighted by molar-refractivity contribution is 0.103. The fourth-order valence-electron chi connectivity index (χ4n) is 4.88. The maximum absolute atomic E-state index is 13.3. The number of hydrogen-bond donors (Lipinski definition) is 1. The largest absolute Gasteiger partial charge is 0.490 e. The van der Waals surface area contributed by atoms with Crippen LogP contribution in [0.4, 0.5) is 0 Å². The van der Waals surface area contributed by atoms with E-state index in [-0.39, 0.29) is 5.78 Å². The third-order valence-corrected chi connectivity index (χ3v) is 7.38.